The van der Waals surface area contributed by atoms with Gasteiger partial charge in [-0.05, 0) is 18.9 Å². The van der Waals surface area contributed by atoms with E-state index in [0.29, 0.717) is 18.7 Å². The fraction of sp³-hybridized carbons (Fsp3) is 0.500. The highest BCUT2D eigenvalue weighted by molar-refractivity contribution is 5.18. The van der Waals surface area contributed by atoms with Gasteiger partial charge in [0.15, 0.2) is 11.6 Å². The Labute approximate surface area is 93.3 Å². The van der Waals surface area contributed by atoms with E-state index >= 15 is 0 Å². The maximum absolute atomic E-state index is 13.3. The van der Waals surface area contributed by atoms with Crippen molar-refractivity contribution in [3.8, 4) is 0 Å². The molecule has 0 saturated heterocycles. The Morgan fingerprint density at radius 2 is 2.06 bits per heavy atom. The minimum atomic E-state index is -0.817. The molecule has 1 aliphatic carbocycles. The zero-order valence-corrected chi connectivity index (χ0v) is 8.97. The molecule has 1 aromatic rings. The third-order valence-corrected chi connectivity index (χ3v) is 3.14. The fourth-order valence-corrected chi connectivity index (χ4v) is 1.71. The van der Waals surface area contributed by atoms with Gasteiger partial charge in [-0.1, -0.05) is 12.1 Å². The number of nitrogens with one attached hydrogen (secondary N) is 1. The summed E-state index contributed by atoms with van der Waals surface area (Å²) in [6.07, 6.45) is 2.00. The first-order valence-electron chi connectivity index (χ1n) is 5.41. The van der Waals surface area contributed by atoms with E-state index in [1.807, 2.05) is 0 Å². The van der Waals surface area contributed by atoms with Gasteiger partial charge in [-0.2, -0.15) is 0 Å². The van der Waals surface area contributed by atoms with Crippen LogP contribution >= 0.6 is 0 Å². The number of hydrogen-bond donors (Lipinski definition) is 2. The van der Waals surface area contributed by atoms with Gasteiger partial charge < -0.3 is 10.4 Å². The van der Waals surface area contributed by atoms with Gasteiger partial charge in [0.1, 0.15) is 0 Å². The van der Waals surface area contributed by atoms with Crippen molar-refractivity contribution in [1.82, 2.24) is 5.32 Å². The molecule has 88 valence electrons. The summed E-state index contributed by atoms with van der Waals surface area (Å²) in [7, 11) is 0. The highest BCUT2D eigenvalue weighted by atomic mass is 19.2. The van der Waals surface area contributed by atoms with Crippen LogP contribution in [0.15, 0.2) is 18.2 Å². The fourth-order valence-electron chi connectivity index (χ4n) is 1.71. The number of hydrogen-bond acceptors (Lipinski definition) is 2. The van der Waals surface area contributed by atoms with E-state index < -0.39 is 11.6 Å². The molecule has 0 heterocycles. The molecule has 0 unspecified atom stereocenters. The Hall–Kier alpha value is -1.00. The Kier molecular flexibility index (Phi) is 3.21. The quantitative estimate of drug-likeness (QED) is 0.804. The molecule has 4 heteroatoms. The summed E-state index contributed by atoms with van der Waals surface area (Å²) in [6.45, 7) is 1.11. The molecular formula is C12H15F2NO. The summed E-state index contributed by atoms with van der Waals surface area (Å²) in [5.41, 5.74) is 0.317. The van der Waals surface area contributed by atoms with Crippen LogP contribution in [0.1, 0.15) is 18.4 Å². The normalized spacial score (nSPS) is 17.4. The maximum Gasteiger partial charge on any atom is 0.163 e. The van der Waals surface area contributed by atoms with Gasteiger partial charge in [0.25, 0.3) is 0 Å². The first-order chi connectivity index (χ1) is 7.67. The zero-order valence-electron chi connectivity index (χ0n) is 8.97. The van der Waals surface area contributed by atoms with Gasteiger partial charge in [0.05, 0.1) is 0 Å². The lowest BCUT2D eigenvalue weighted by Gasteiger charge is -2.13. The average Bonchev–Trinajstić information content (AvgIpc) is 3.05. The van der Waals surface area contributed by atoms with Crippen LogP contribution in [0.3, 0.4) is 0 Å². The standard InChI is InChI=1S/C12H15F2NO/c13-10-3-1-2-9(11(10)14)6-15-7-12(8-16)4-5-12/h1-3,15-16H,4-8H2. The van der Waals surface area contributed by atoms with Crippen molar-refractivity contribution >= 4 is 0 Å². The molecule has 1 aliphatic rings. The molecule has 0 aromatic heterocycles. The molecule has 1 aromatic carbocycles. The number of rotatable bonds is 5. The van der Waals surface area contributed by atoms with Gasteiger partial charge in [0.2, 0.25) is 0 Å². The number of aliphatic hydroxyl groups excluding tert-OH is 1. The molecule has 2 rings (SSSR count). The van der Waals surface area contributed by atoms with Crippen LogP contribution in [-0.2, 0) is 6.54 Å². The summed E-state index contributed by atoms with van der Waals surface area (Å²) in [5.74, 6) is -1.61. The number of halogens is 2. The van der Waals surface area contributed by atoms with Crippen molar-refractivity contribution in [1.29, 1.82) is 0 Å². The highest BCUT2D eigenvalue weighted by Crippen LogP contribution is 2.44. The summed E-state index contributed by atoms with van der Waals surface area (Å²) in [4.78, 5) is 0. The zero-order chi connectivity index (χ0) is 11.6. The van der Waals surface area contributed by atoms with Crippen molar-refractivity contribution in [2.45, 2.75) is 19.4 Å². The van der Waals surface area contributed by atoms with Crippen molar-refractivity contribution in [2.24, 2.45) is 5.41 Å². The Bertz CT molecular complexity index is 377. The molecule has 16 heavy (non-hydrogen) atoms. The van der Waals surface area contributed by atoms with Crippen LogP contribution in [0.2, 0.25) is 0 Å². The maximum atomic E-state index is 13.3. The van der Waals surface area contributed by atoms with E-state index in [4.69, 9.17) is 5.11 Å². The van der Waals surface area contributed by atoms with E-state index in [1.165, 1.54) is 6.07 Å². The molecule has 0 aliphatic heterocycles. The molecule has 1 saturated carbocycles. The molecule has 2 nitrogen and oxygen atoms in total. The molecule has 2 N–H and O–H groups in total. The summed E-state index contributed by atoms with van der Waals surface area (Å²) < 4.78 is 26.1. The second kappa shape index (κ2) is 4.47. The lowest BCUT2D eigenvalue weighted by Crippen LogP contribution is -2.26. The Morgan fingerprint density at radius 3 is 2.69 bits per heavy atom. The summed E-state index contributed by atoms with van der Waals surface area (Å²) in [5, 5.41) is 12.1. The first-order valence-corrected chi connectivity index (χ1v) is 5.41. The molecule has 0 radical (unpaired) electrons. The third kappa shape index (κ3) is 2.39. The predicted octanol–water partition coefficient (Wildman–Crippen LogP) is 1.83. The minimum Gasteiger partial charge on any atom is -0.396 e. The summed E-state index contributed by atoms with van der Waals surface area (Å²) in [6, 6.07) is 4.16. The van der Waals surface area contributed by atoms with Gasteiger partial charge in [-0.3, -0.25) is 0 Å². The van der Waals surface area contributed by atoms with Crippen LogP contribution in [-0.4, -0.2) is 18.3 Å². The van der Waals surface area contributed by atoms with Crippen molar-refractivity contribution in [3.63, 3.8) is 0 Å². The van der Waals surface area contributed by atoms with Crippen LogP contribution in [0.5, 0.6) is 0 Å². The largest absolute Gasteiger partial charge is 0.396 e. The second-order valence-electron chi connectivity index (χ2n) is 4.47. The lowest BCUT2D eigenvalue weighted by molar-refractivity contribution is 0.207. The predicted molar refractivity (Wildman–Crippen MR) is 56.8 cm³/mol. The van der Waals surface area contributed by atoms with E-state index in [9.17, 15) is 8.78 Å². The Morgan fingerprint density at radius 1 is 1.31 bits per heavy atom. The van der Waals surface area contributed by atoms with Gasteiger partial charge in [0, 0.05) is 30.7 Å². The molecule has 0 bridgehead atoms. The van der Waals surface area contributed by atoms with Crippen LogP contribution in [0, 0.1) is 17.0 Å². The molecule has 0 atom stereocenters. The van der Waals surface area contributed by atoms with Crippen LogP contribution < -0.4 is 5.32 Å². The van der Waals surface area contributed by atoms with Crippen molar-refractivity contribution < 1.29 is 13.9 Å². The Balaban J connectivity index is 1.88. The van der Waals surface area contributed by atoms with Crippen molar-refractivity contribution in [3.05, 3.63) is 35.4 Å². The molecule has 0 spiro atoms. The van der Waals surface area contributed by atoms with Gasteiger partial charge in [-0.25, -0.2) is 8.78 Å². The SMILES string of the molecule is OCC1(CNCc2cccc(F)c2F)CC1. The number of benzene rings is 1. The second-order valence-corrected chi connectivity index (χ2v) is 4.47. The number of aliphatic hydroxyl groups is 1. The molecule has 0 amide bonds. The molecule has 1 fully saturated rings. The highest BCUT2D eigenvalue weighted by Gasteiger charge is 2.41. The summed E-state index contributed by atoms with van der Waals surface area (Å²) >= 11 is 0. The van der Waals surface area contributed by atoms with Gasteiger partial charge >= 0.3 is 0 Å². The van der Waals surface area contributed by atoms with E-state index in [0.717, 1.165) is 18.9 Å². The van der Waals surface area contributed by atoms with E-state index in [2.05, 4.69) is 5.32 Å². The van der Waals surface area contributed by atoms with Crippen LogP contribution in [0.4, 0.5) is 8.78 Å². The lowest BCUT2D eigenvalue weighted by atomic mass is 10.1. The van der Waals surface area contributed by atoms with E-state index in [1.54, 1.807) is 6.07 Å². The van der Waals surface area contributed by atoms with Crippen LogP contribution in [0.25, 0.3) is 0 Å². The smallest absolute Gasteiger partial charge is 0.163 e. The average molecular weight is 227 g/mol. The monoisotopic (exact) mass is 227 g/mol. The van der Waals surface area contributed by atoms with Crippen molar-refractivity contribution in [2.75, 3.05) is 13.2 Å². The first kappa shape index (κ1) is 11.5. The topological polar surface area (TPSA) is 32.3 Å². The third-order valence-electron chi connectivity index (χ3n) is 3.14. The minimum absolute atomic E-state index is 0.0101. The molecular weight excluding hydrogens is 212 g/mol. The van der Waals surface area contributed by atoms with E-state index in [-0.39, 0.29) is 12.0 Å². The van der Waals surface area contributed by atoms with Gasteiger partial charge in [-0.15, -0.1) is 0 Å².